The molecule has 1 rings (SSSR count). The first kappa shape index (κ1) is 17.0. The van der Waals surface area contributed by atoms with Gasteiger partial charge >= 0.3 is 0 Å². The molecular formula is C15H24ClNO. The number of rotatable bonds is 7. The van der Waals surface area contributed by atoms with Crippen LogP contribution in [-0.4, -0.2) is 27.3 Å². The van der Waals surface area contributed by atoms with Crippen molar-refractivity contribution < 1.29 is 4.74 Å². The van der Waals surface area contributed by atoms with E-state index in [2.05, 4.69) is 48.2 Å². The minimum Gasteiger partial charge on any atom is -0.378 e. The average Bonchev–Trinajstić information content (AvgIpc) is 2.34. The number of benzene rings is 1. The van der Waals surface area contributed by atoms with Crippen LogP contribution in [0, 0.1) is 0 Å². The van der Waals surface area contributed by atoms with Gasteiger partial charge in [0.25, 0.3) is 0 Å². The fourth-order valence-electron chi connectivity index (χ4n) is 1.47. The molecule has 0 aliphatic carbocycles. The summed E-state index contributed by atoms with van der Waals surface area (Å²) >= 11 is 0. The Balaban J connectivity index is 0.00000289. The summed E-state index contributed by atoms with van der Waals surface area (Å²) in [5.41, 5.74) is 2.44. The Morgan fingerprint density at radius 3 is 2.39 bits per heavy atom. The molecule has 0 atom stereocenters. The predicted molar refractivity (Wildman–Crippen MR) is 82.8 cm³/mol. The van der Waals surface area contributed by atoms with Crippen molar-refractivity contribution in [3.8, 4) is 0 Å². The van der Waals surface area contributed by atoms with Crippen LogP contribution in [0.25, 0.3) is 6.08 Å². The van der Waals surface area contributed by atoms with Gasteiger partial charge in [-0.05, 0) is 24.1 Å². The SMILES string of the molecule is CCCCOC/C=C/c1ccc(N(C)C)cc1.Cl. The van der Waals surface area contributed by atoms with E-state index in [4.69, 9.17) is 4.74 Å². The molecule has 0 aliphatic heterocycles. The van der Waals surface area contributed by atoms with E-state index in [-0.39, 0.29) is 12.4 Å². The van der Waals surface area contributed by atoms with Gasteiger partial charge in [0.15, 0.2) is 0 Å². The molecule has 0 spiro atoms. The minimum absolute atomic E-state index is 0. The third-order valence-electron chi connectivity index (χ3n) is 2.58. The van der Waals surface area contributed by atoms with Crippen molar-refractivity contribution in [2.24, 2.45) is 0 Å². The maximum atomic E-state index is 5.46. The average molecular weight is 270 g/mol. The summed E-state index contributed by atoms with van der Waals surface area (Å²) in [6.45, 7) is 3.74. The second kappa shape index (κ2) is 9.98. The predicted octanol–water partition coefficient (Wildman–Crippen LogP) is 4.00. The van der Waals surface area contributed by atoms with Crippen molar-refractivity contribution in [3.63, 3.8) is 0 Å². The largest absolute Gasteiger partial charge is 0.378 e. The highest BCUT2D eigenvalue weighted by molar-refractivity contribution is 5.85. The van der Waals surface area contributed by atoms with Gasteiger partial charge in [0.1, 0.15) is 0 Å². The summed E-state index contributed by atoms with van der Waals surface area (Å²) in [6.07, 6.45) is 6.51. The Bertz CT molecular complexity index is 333. The molecule has 0 heterocycles. The summed E-state index contributed by atoms with van der Waals surface area (Å²) in [4.78, 5) is 2.10. The highest BCUT2D eigenvalue weighted by atomic mass is 35.5. The van der Waals surface area contributed by atoms with Crippen LogP contribution in [0.3, 0.4) is 0 Å². The second-order valence-electron chi connectivity index (χ2n) is 4.32. The van der Waals surface area contributed by atoms with Gasteiger partial charge < -0.3 is 9.64 Å². The topological polar surface area (TPSA) is 12.5 Å². The van der Waals surface area contributed by atoms with Crippen molar-refractivity contribution in [1.29, 1.82) is 0 Å². The van der Waals surface area contributed by atoms with Gasteiger partial charge in [0.05, 0.1) is 6.61 Å². The number of nitrogens with zero attached hydrogens (tertiary/aromatic N) is 1. The van der Waals surface area contributed by atoms with Gasteiger partial charge in [-0.25, -0.2) is 0 Å². The van der Waals surface area contributed by atoms with E-state index in [1.165, 1.54) is 17.7 Å². The smallest absolute Gasteiger partial charge is 0.0650 e. The van der Waals surface area contributed by atoms with Crippen LogP contribution in [0.2, 0.25) is 0 Å². The third kappa shape index (κ3) is 6.67. The van der Waals surface area contributed by atoms with Crippen LogP contribution in [0.1, 0.15) is 25.3 Å². The van der Waals surface area contributed by atoms with Gasteiger partial charge in [-0.3, -0.25) is 0 Å². The molecule has 0 radical (unpaired) electrons. The number of unbranched alkanes of at least 4 members (excludes halogenated alkanes) is 1. The molecular weight excluding hydrogens is 246 g/mol. The van der Waals surface area contributed by atoms with Crippen molar-refractivity contribution >= 4 is 24.2 Å². The second-order valence-corrected chi connectivity index (χ2v) is 4.32. The third-order valence-corrected chi connectivity index (χ3v) is 2.58. The Morgan fingerprint density at radius 1 is 1.17 bits per heavy atom. The molecule has 0 N–H and O–H groups in total. The summed E-state index contributed by atoms with van der Waals surface area (Å²) in [7, 11) is 4.10. The lowest BCUT2D eigenvalue weighted by Crippen LogP contribution is -2.07. The molecule has 2 nitrogen and oxygen atoms in total. The molecule has 3 heteroatoms. The van der Waals surface area contributed by atoms with Crippen LogP contribution in [0.4, 0.5) is 5.69 Å². The number of anilines is 1. The van der Waals surface area contributed by atoms with E-state index in [1.807, 2.05) is 14.1 Å². The molecule has 1 aromatic carbocycles. The van der Waals surface area contributed by atoms with Gasteiger partial charge in [-0.15, -0.1) is 12.4 Å². The van der Waals surface area contributed by atoms with Crippen LogP contribution >= 0.6 is 12.4 Å². The summed E-state index contributed by atoms with van der Waals surface area (Å²) < 4.78 is 5.46. The maximum absolute atomic E-state index is 5.46. The quantitative estimate of drug-likeness (QED) is 0.694. The van der Waals surface area contributed by atoms with Crippen molar-refractivity contribution in [1.82, 2.24) is 0 Å². The van der Waals surface area contributed by atoms with Gasteiger partial charge in [0.2, 0.25) is 0 Å². The number of halogens is 1. The Kier molecular flexibility index (Phi) is 9.43. The van der Waals surface area contributed by atoms with E-state index in [9.17, 15) is 0 Å². The lowest BCUT2D eigenvalue weighted by atomic mass is 10.2. The standard InChI is InChI=1S/C15H23NO.ClH/c1-4-5-12-17-13-6-7-14-8-10-15(11-9-14)16(2)3;/h6-11H,4-5,12-13H2,1-3H3;1H/b7-6+;. The van der Waals surface area contributed by atoms with E-state index in [1.54, 1.807) is 0 Å². The number of hydrogen-bond donors (Lipinski definition) is 0. The zero-order valence-electron chi connectivity index (χ0n) is 11.6. The van der Waals surface area contributed by atoms with Crippen LogP contribution in [-0.2, 0) is 4.74 Å². The maximum Gasteiger partial charge on any atom is 0.0650 e. The highest BCUT2D eigenvalue weighted by Crippen LogP contribution is 2.12. The first-order valence-corrected chi connectivity index (χ1v) is 6.25. The van der Waals surface area contributed by atoms with E-state index >= 15 is 0 Å². The van der Waals surface area contributed by atoms with Crippen LogP contribution in [0.5, 0.6) is 0 Å². The first-order chi connectivity index (χ1) is 8.24. The van der Waals surface area contributed by atoms with Gasteiger partial charge in [0, 0.05) is 26.4 Å². The Morgan fingerprint density at radius 2 is 1.83 bits per heavy atom. The molecule has 1 aromatic rings. The van der Waals surface area contributed by atoms with Gasteiger partial charge in [-0.1, -0.05) is 37.6 Å². The van der Waals surface area contributed by atoms with Crippen LogP contribution in [0.15, 0.2) is 30.3 Å². The van der Waals surface area contributed by atoms with E-state index in [0.29, 0.717) is 6.61 Å². The van der Waals surface area contributed by atoms with E-state index in [0.717, 1.165) is 13.0 Å². The minimum atomic E-state index is 0. The zero-order chi connectivity index (χ0) is 12.5. The lowest BCUT2D eigenvalue weighted by Gasteiger charge is -2.11. The van der Waals surface area contributed by atoms with Crippen molar-refractivity contribution in [2.45, 2.75) is 19.8 Å². The van der Waals surface area contributed by atoms with Crippen molar-refractivity contribution in [3.05, 3.63) is 35.9 Å². The molecule has 0 aromatic heterocycles. The summed E-state index contributed by atoms with van der Waals surface area (Å²) in [6, 6.07) is 8.49. The first-order valence-electron chi connectivity index (χ1n) is 6.25. The molecule has 0 amide bonds. The van der Waals surface area contributed by atoms with E-state index < -0.39 is 0 Å². The monoisotopic (exact) mass is 269 g/mol. The molecule has 0 fully saturated rings. The fraction of sp³-hybridized carbons (Fsp3) is 0.467. The number of ether oxygens (including phenoxy) is 1. The Labute approximate surface area is 117 Å². The van der Waals surface area contributed by atoms with Crippen LogP contribution < -0.4 is 4.90 Å². The van der Waals surface area contributed by atoms with Crippen molar-refractivity contribution in [2.75, 3.05) is 32.2 Å². The fourth-order valence-corrected chi connectivity index (χ4v) is 1.47. The molecule has 0 saturated heterocycles. The van der Waals surface area contributed by atoms with Gasteiger partial charge in [-0.2, -0.15) is 0 Å². The molecule has 0 unspecified atom stereocenters. The molecule has 0 saturated carbocycles. The summed E-state index contributed by atoms with van der Waals surface area (Å²) in [5.74, 6) is 0. The lowest BCUT2D eigenvalue weighted by molar-refractivity contribution is 0.159. The zero-order valence-corrected chi connectivity index (χ0v) is 12.4. The highest BCUT2D eigenvalue weighted by Gasteiger charge is 1.93. The Hall–Kier alpha value is -0.990. The molecule has 0 bridgehead atoms. The molecule has 18 heavy (non-hydrogen) atoms. The normalized spacial score (nSPS) is 10.4. The molecule has 0 aliphatic rings. The summed E-state index contributed by atoms with van der Waals surface area (Å²) in [5, 5.41) is 0. The molecule has 102 valence electrons. The number of hydrogen-bond acceptors (Lipinski definition) is 2.